The fourth-order valence-electron chi connectivity index (χ4n) is 2.32. The molecule has 0 unspecified atom stereocenters. The van der Waals surface area contributed by atoms with E-state index < -0.39 is 0 Å². The lowest BCUT2D eigenvalue weighted by atomic mass is 10.0. The number of carbonyl (C=O) groups is 1. The van der Waals surface area contributed by atoms with Crippen molar-refractivity contribution in [3.05, 3.63) is 46.7 Å². The predicted octanol–water partition coefficient (Wildman–Crippen LogP) is 3.22. The summed E-state index contributed by atoms with van der Waals surface area (Å²) in [5.74, 6) is 0.900. The molecule has 0 saturated carbocycles. The molecular formula is C16H16BrN3O2. The van der Waals surface area contributed by atoms with E-state index >= 15 is 0 Å². The van der Waals surface area contributed by atoms with Crippen LogP contribution in [0.4, 0.5) is 11.4 Å². The van der Waals surface area contributed by atoms with Crippen molar-refractivity contribution < 1.29 is 9.53 Å². The van der Waals surface area contributed by atoms with E-state index in [0.29, 0.717) is 19.6 Å². The van der Waals surface area contributed by atoms with Crippen LogP contribution in [0.15, 0.2) is 41.1 Å². The van der Waals surface area contributed by atoms with Gasteiger partial charge in [-0.15, -0.1) is 0 Å². The zero-order valence-electron chi connectivity index (χ0n) is 11.9. The van der Waals surface area contributed by atoms with Gasteiger partial charge < -0.3 is 15.4 Å². The lowest BCUT2D eigenvalue weighted by Crippen LogP contribution is -2.19. The number of pyridine rings is 1. The van der Waals surface area contributed by atoms with Crippen molar-refractivity contribution in [2.45, 2.75) is 12.8 Å². The Balaban J connectivity index is 1.51. The van der Waals surface area contributed by atoms with E-state index in [1.807, 2.05) is 24.3 Å². The van der Waals surface area contributed by atoms with Crippen LogP contribution in [0.25, 0.3) is 0 Å². The summed E-state index contributed by atoms with van der Waals surface area (Å²) in [4.78, 5) is 15.4. The third kappa shape index (κ3) is 3.76. The second kappa shape index (κ2) is 6.79. The molecule has 0 spiro atoms. The molecule has 1 aliphatic rings. The van der Waals surface area contributed by atoms with Crippen molar-refractivity contribution in [3.63, 3.8) is 0 Å². The highest BCUT2D eigenvalue weighted by atomic mass is 79.9. The van der Waals surface area contributed by atoms with Crippen LogP contribution in [0.2, 0.25) is 0 Å². The summed E-state index contributed by atoms with van der Waals surface area (Å²) in [6.45, 7) is 1.24. The van der Waals surface area contributed by atoms with Crippen molar-refractivity contribution in [1.82, 2.24) is 4.98 Å². The zero-order valence-corrected chi connectivity index (χ0v) is 13.5. The predicted molar refractivity (Wildman–Crippen MR) is 89.3 cm³/mol. The number of ether oxygens (including phenoxy) is 1. The summed E-state index contributed by atoms with van der Waals surface area (Å²) >= 11 is 3.38. The number of amides is 1. The molecule has 2 N–H and O–H groups in total. The molecule has 5 nitrogen and oxygen atoms in total. The highest BCUT2D eigenvalue weighted by Gasteiger charge is 2.14. The van der Waals surface area contributed by atoms with Gasteiger partial charge in [0.15, 0.2) is 0 Å². The standard InChI is InChI=1S/C16H16BrN3O2/c17-12-8-13(10-18-9-12)19-5-6-22-14-2-3-15-11(7-14)1-4-16(21)20-15/h2-3,7-10,19H,1,4-6H2,(H,20,21). The number of hydrogen-bond acceptors (Lipinski definition) is 4. The summed E-state index contributed by atoms with van der Waals surface area (Å²) in [7, 11) is 0. The quantitative estimate of drug-likeness (QED) is 0.802. The molecule has 0 radical (unpaired) electrons. The number of benzene rings is 1. The van der Waals surface area contributed by atoms with Crippen LogP contribution < -0.4 is 15.4 Å². The number of fused-ring (bicyclic) bond motifs is 1. The molecule has 0 atom stereocenters. The van der Waals surface area contributed by atoms with Gasteiger partial charge in [0.25, 0.3) is 0 Å². The number of anilines is 2. The van der Waals surface area contributed by atoms with E-state index in [1.54, 1.807) is 12.4 Å². The van der Waals surface area contributed by atoms with Gasteiger partial charge in [-0.25, -0.2) is 0 Å². The molecule has 0 saturated heterocycles. The smallest absolute Gasteiger partial charge is 0.224 e. The maximum atomic E-state index is 11.3. The molecule has 1 aliphatic heterocycles. The Morgan fingerprint density at radius 1 is 1.27 bits per heavy atom. The third-order valence-corrected chi connectivity index (χ3v) is 3.81. The number of nitrogens with one attached hydrogen (secondary N) is 2. The van der Waals surface area contributed by atoms with Crippen molar-refractivity contribution in [2.75, 3.05) is 23.8 Å². The van der Waals surface area contributed by atoms with Gasteiger partial charge in [-0.2, -0.15) is 0 Å². The first kappa shape index (κ1) is 14.8. The molecule has 6 heteroatoms. The first-order chi connectivity index (χ1) is 10.7. The van der Waals surface area contributed by atoms with Gasteiger partial charge in [0.05, 0.1) is 11.9 Å². The molecule has 3 rings (SSSR count). The van der Waals surface area contributed by atoms with Crippen LogP contribution in [0, 0.1) is 0 Å². The van der Waals surface area contributed by atoms with Gasteiger partial charge in [0.2, 0.25) is 5.91 Å². The minimum atomic E-state index is 0.0769. The molecule has 0 aliphatic carbocycles. The van der Waals surface area contributed by atoms with E-state index in [0.717, 1.165) is 33.6 Å². The van der Waals surface area contributed by atoms with Crippen molar-refractivity contribution in [2.24, 2.45) is 0 Å². The minimum absolute atomic E-state index is 0.0769. The maximum Gasteiger partial charge on any atom is 0.224 e. The molecule has 22 heavy (non-hydrogen) atoms. The average Bonchev–Trinajstić information content (AvgIpc) is 2.52. The van der Waals surface area contributed by atoms with E-state index in [2.05, 4.69) is 31.5 Å². The van der Waals surface area contributed by atoms with Crippen molar-refractivity contribution in [1.29, 1.82) is 0 Å². The lowest BCUT2D eigenvalue weighted by molar-refractivity contribution is -0.116. The number of carbonyl (C=O) groups excluding carboxylic acids is 1. The van der Waals surface area contributed by atoms with Crippen LogP contribution in [0.1, 0.15) is 12.0 Å². The molecule has 2 aromatic rings. The van der Waals surface area contributed by atoms with Crippen LogP contribution >= 0.6 is 15.9 Å². The molecule has 0 fully saturated rings. The number of hydrogen-bond donors (Lipinski definition) is 2. The number of halogens is 1. The monoisotopic (exact) mass is 361 g/mol. The third-order valence-electron chi connectivity index (χ3n) is 3.38. The van der Waals surface area contributed by atoms with Crippen LogP contribution in [-0.2, 0) is 11.2 Å². The van der Waals surface area contributed by atoms with Crippen molar-refractivity contribution in [3.8, 4) is 5.75 Å². The van der Waals surface area contributed by atoms with Gasteiger partial charge in [-0.1, -0.05) is 0 Å². The van der Waals surface area contributed by atoms with Gasteiger partial charge in [-0.3, -0.25) is 9.78 Å². The Morgan fingerprint density at radius 3 is 3.05 bits per heavy atom. The van der Waals surface area contributed by atoms with Crippen molar-refractivity contribution >= 4 is 33.2 Å². The van der Waals surface area contributed by atoms with Crippen LogP contribution in [0.5, 0.6) is 5.75 Å². The number of rotatable bonds is 5. The van der Waals surface area contributed by atoms with E-state index in [9.17, 15) is 4.79 Å². The molecule has 1 aromatic heterocycles. The summed E-state index contributed by atoms with van der Waals surface area (Å²) in [6.07, 6.45) is 4.81. The van der Waals surface area contributed by atoms with Crippen LogP contribution in [-0.4, -0.2) is 24.0 Å². The Morgan fingerprint density at radius 2 is 2.18 bits per heavy atom. The topological polar surface area (TPSA) is 63.2 Å². The lowest BCUT2D eigenvalue weighted by Gasteiger charge is -2.17. The second-order valence-electron chi connectivity index (χ2n) is 5.03. The van der Waals surface area contributed by atoms with Gasteiger partial charge in [-0.05, 0) is 52.2 Å². The molecular weight excluding hydrogens is 346 g/mol. The van der Waals surface area contributed by atoms with Gasteiger partial charge in [0, 0.05) is 29.3 Å². The Hall–Kier alpha value is -2.08. The number of aromatic nitrogens is 1. The van der Waals surface area contributed by atoms with Gasteiger partial charge in [0.1, 0.15) is 12.4 Å². The number of aryl methyl sites for hydroxylation is 1. The highest BCUT2D eigenvalue weighted by molar-refractivity contribution is 9.10. The van der Waals surface area contributed by atoms with Crippen LogP contribution in [0.3, 0.4) is 0 Å². The number of nitrogens with zero attached hydrogens (tertiary/aromatic N) is 1. The molecule has 2 heterocycles. The summed E-state index contributed by atoms with van der Waals surface area (Å²) < 4.78 is 6.68. The first-order valence-corrected chi connectivity index (χ1v) is 7.90. The molecule has 1 amide bonds. The van der Waals surface area contributed by atoms with E-state index in [4.69, 9.17) is 4.74 Å². The second-order valence-corrected chi connectivity index (χ2v) is 5.95. The maximum absolute atomic E-state index is 11.3. The fourth-order valence-corrected chi connectivity index (χ4v) is 2.69. The fraction of sp³-hybridized carbons (Fsp3) is 0.250. The zero-order chi connectivity index (χ0) is 15.4. The normalized spacial score (nSPS) is 13.2. The molecule has 1 aromatic carbocycles. The minimum Gasteiger partial charge on any atom is -0.492 e. The average molecular weight is 362 g/mol. The Kier molecular flexibility index (Phi) is 4.58. The largest absolute Gasteiger partial charge is 0.492 e. The SMILES string of the molecule is O=C1CCc2cc(OCCNc3cncc(Br)c3)ccc2N1. The van der Waals surface area contributed by atoms with E-state index in [-0.39, 0.29) is 5.91 Å². The Labute approximate surface area is 137 Å². The highest BCUT2D eigenvalue weighted by Crippen LogP contribution is 2.26. The Bertz CT molecular complexity index is 691. The summed E-state index contributed by atoms with van der Waals surface area (Å²) in [5, 5.41) is 6.11. The summed E-state index contributed by atoms with van der Waals surface area (Å²) in [6, 6.07) is 7.74. The summed E-state index contributed by atoms with van der Waals surface area (Å²) in [5.41, 5.74) is 2.97. The molecule has 0 bridgehead atoms. The molecule has 114 valence electrons. The van der Waals surface area contributed by atoms with E-state index in [1.165, 1.54) is 0 Å². The van der Waals surface area contributed by atoms with Gasteiger partial charge >= 0.3 is 0 Å². The first-order valence-electron chi connectivity index (χ1n) is 7.11.